The predicted octanol–water partition coefficient (Wildman–Crippen LogP) is 3.88. The lowest BCUT2D eigenvalue weighted by Gasteiger charge is -2.03. The average Bonchev–Trinajstić information content (AvgIpc) is 2.09. The molecule has 0 aliphatic rings. The number of aliphatic hydroxyl groups excluding tert-OH is 1. The quantitative estimate of drug-likeness (QED) is 0.487. The summed E-state index contributed by atoms with van der Waals surface area (Å²) in [7, 11) is 0. The Kier molecular flexibility index (Phi) is 10.9. The largest absolute Gasteiger partial charge is 0.393 e. The van der Waals surface area contributed by atoms with Crippen LogP contribution in [0.1, 0.15) is 58.3 Å². The molecule has 0 aliphatic heterocycles. The van der Waals surface area contributed by atoms with Crippen LogP contribution in [-0.4, -0.2) is 16.5 Å². The summed E-state index contributed by atoms with van der Waals surface area (Å²) in [5, 5.41) is 10.2. The fourth-order valence-corrected chi connectivity index (χ4v) is 1.81. The first kappa shape index (κ1) is 13.4. The summed E-state index contributed by atoms with van der Waals surface area (Å²) in [6, 6.07) is 0. The van der Waals surface area contributed by atoms with Crippen LogP contribution in [0.2, 0.25) is 0 Å². The third kappa shape index (κ3) is 12.4. The van der Waals surface area contributed by atoms with E-state index in [4.69, 9.17) is 5.11 Å². The summed E-state index contributed by atoms with van der Waals surface area (Å²) in [5.41, 5.74) is 0. The summed E-state index contributed by atoms with van der Waals surface area (Å²) < 4.78 is 0. The van der Waals surface area contributed by atoms with Gasteiger partial charge < -0.3 is 5.11 Å². The maximum atomic E-state index is 9.02. The summed E-state index contributed by atoms with van der Waals surface area (Å²) in [6.07, 6.45) is 10.1. The Balaban J connectivity index is 2.84. The van der Waals surface area contributed by atoms with Crippen LogP contribution in [0.5, 0.6) is 0 Å². The molecule has 0 spiro atoms. The lowest BCUT2D eigenvalue weighted by molar-refractivity contribution is 0.180. The van der Waals surface area contributed by atoms with Gasteiger partial charge in [0.15, 0.2) is 0 Å². The topological polar surface area (TPSA) is 20.2 Å². The van der Waals surface area contributed by atoms with Gasteiger partial charge in [-0.15, -0.1) is 0 Å². The van der Waals surface area contributed by atoms with Crippen LogP contribution in [0.15, 0.2) is 0 Å². The Morgan fingerprint density at radius 3 is 1.85 bits per heavy atom. The molecular formula is C11H23BrO. The molecule has 0 radical (unpaired) electrons. The van der Waals surface area contributed by atoms with Crippen LogP contribution >= 0.6 is 15.9 Å². The first-order valence-corrected chi connectivity index (χ1v) is 6.63. The third-order valence-electron chi connectivity index (χ3n) is 2.26. The monoisotopic (exact) mass is 250 g/mol. The highest BCUT2D eigenvalue weighted by molar-refractivity contribution is 9.09. The molecule has 0 saturated heterocycles. The minimum atomic E-state index is -0.103. The van der Waals surface area contributed by atoms with Gasteiger partial charge in [0.25, 0.3) is 0 Å². The van der Waals surface area contributed by atoms with Crippen LogP contribution in [0.3, 0.4) is 0 Å². The van der Waals surface area contributed by atoms with E-state index in [1.54, 1.807) is 0 Å². The van der Waals surface area contributed by atoms with Crippen LogP contribution in [0, 0.1) is 0 Å². The van der Waals surface area contributed by atoms with Crippen molar-refractivity contribution in [3.05, 3.63) is 0 Å². The molecule has 0 aromatic carbocycles. The maximum Gasteiger partial charge on any atom is 0.0512 e. The number of hydrogen-bond acceptors (Lipinski definition) is 1. The van der Waals surface area contributed by atoms with Gasteiger partial charge in [0.1, 0.15) is 0 Å². The fourth-order valence-electron chi connectivity index (χ4n) is 1.42. The SMILES string of the molecule is CC(O)CCCCCCCCCBr. The predicted molar refractivity (Wildman–Crippen MR) is 62.4 cm³/mol. The zero-order valence-corrected chi connectivity index (χ0v) is 10.4. The third-order valence-corrected chi connectivity index (χ3v) is 2.82. The second-order valence-electron chi connectivity index (χ2n) is 3.80. The molecule has 2 heteroatoms. The molecule has 0 aliphatic carbocycles. The van der Waals surface area contributed by atoms with Gasteiger partial charge in [-0.3, -0.25) is 0 Å². The van der Waals surface area contributed by atoms with Gasteiger partial charge in [-0.2, -0.15) is 0 Å². The van der Waals surface area contributed by atoms with Gasteiger partial charge >= 0.3 is 0 Å². The van der Waals surface area contributed by atoms with Crippen LogP contribution in [-0.2, 0) is 0 Å². The van der Waals surface area contributed by atoms with Crippen molar-refractivity contribution in [2.45, 2.75) is 64.4 Å². The summed E-state index contributed by atoms with van der Waals surface area (Å²) in [6.45, 7) is 1.87. The number of rotatable bonds is 9. The van der Waals surface area contributed by atoms with Gasteiger partial charge in [0.05, 0.1) is 6.10 Å². The number of halogens is 1. The van der Waals surface area contributed by atoms with E-state index < -0.39 is 0 Å². The molecule has 0 saturated carbocycles. The fraction of sp³-hybridized carbons (Fsp3) is 1.00. The molecule has 0 bridgehead atoms. The van der Waals surface area contributed by atoms with E-state index in [2.05, 4.69) is 15.9 Å². The molecule has 1 atom stereocenters. The van der Waals surface area contributed by atoms with Crippen LogP contribution in [0.4, 0.5) is 0 Å². The van der Waals surface area contributed by atoms with E-state index in [9.17, 15) is 0 Å². The molecule has 80 valence electrons. The number of alkyl halides is 1. The molecule has 1 N–H and O–H groups in total. The van der Waals surface area contributed by atoms with Crippen molar-refractivity contribution < 1.29 is 5.11 Å². The molecule has 0 heterocycles. The van der Waals surface area contributed by atoms with Gasteiger partial charge in [0, 0.05) is 5.33 Å². The zero-order valence-electron chi connectivity index (χ0n) is 8.77. The summed E-state index contributed by atoms with van der Waals surface area (Å²) in [5.74, 6) is 0. The van der Waals surface area contributed by atoms with E-state index in [0.717, 1.165) is 11.8 Å². The first-order valence-electron chi connectivity index (χ1n) is 5.51. The standard InChI is InChI=1S/C11H23BrO/c1-11(13)9-7-5-3-2-4-6-8-10-12/h11,13H,2-10H2,1H3. The van der Waals surface area contributed by atoms with Crippen molar-refractivity contribution >= 4 is 15.9 Å². The zero-order chi connectivity index (χ0) is 9.94. The molecule has 0 fully saturated rings. The molecule has 0 aromatic rings. The lowest BCUT2D eigenvalue weighted by atomic mass is 10.1. The molecule has 0 amide bonds. The lowest BCUT2D eigenvalue weighted by Crippen LogP contribution is -1.98. The van der Waals surface area contributed by atoms with E-state index in [1.807, 2.05) is 6.92 Å². The van der Waals surface area contributed by atoms with Gasteiger partial charge in [-0.1, -0.05) is 54.5 Å². The number of aliphatic hydroxyl groups is 1. The van der Waals surface area contributed by atoms with Gasteiger partial charge in [-0.05, 0) is 19.8 Å². The number of hydrogen-bond donors (Lipinski definition) is 1. The Morgan fingerprint density at radius 1 is 0.923 bits per heavy atom. The van der Waals surface area contributed by atoms with Gasteiger partial charge in [0.2, 0.25) is 0 Å². The van der Waals surface area contributed by atoms with Crippen molar-refractivity contribution in [3.8, 4) is 0 Å². The number of unbranched alkanes of at least 4 members (excludes halogenated alkanes) is 6. The molecule has 1 unspecified atom stereocenters. The molecular weight excluding hydrogens is 228 g/mol. The molecule has 1 nitrogen and oxygen atoms in total. The smallest absolute Gasteiger partial charge is 0.0512 e. The average molecular weight is 251 g/mol. The summed E-state index contributed by atoms with van der Waals surface area (Å²) >= 11 is 3.43. The summed E-state index contributed by atoms with van der Waals surface area (Å²) in [4.78, 5) is 0. The van der Waals surface area contributed by atoms with E-state index in [0.29, 0.717) is 0 Å². The van der Waals surface area contributed by atoms with E-state index in [1.165, 1.54) is 44.9 Å². The highest BCUT2D eigenvalue weighted by Crippen LogP contribution is 2.10. The minimum Gasteiger partial charge on any atom is -0.393 e. The minimum absolute atomic E-state index is 0.103. The van der Waals surface area contributed by atoms with E-state index in [-0.39, 0.29) is 6.10 Å². The van der Waals surface area contributed by atoms with E-state index >= 15 is 0 Å². The first-order chi connectivity index (χ1) is 6.27. The van der Waals surface area contributed by atoms with Crippen LogP contribution < -0.4 is 0 Å². The molecule has 0 rings (SSSR count). The Labute approximate surface area is 91.1 Å². The highest BCUT2D eigenvalue weighted by atomic mass is 79.9. The second kappa shape index (κ2) is 10.5. The van der Waals surface area contributed by atoms with Crippen molar-refractivity contribution in [3.63, 3.8) is 0 Å². The normalized spacial score (nSPS) is 13.2. The Hall–Kier alpha value is 0.440. The van der Waals surface area contributed by atoms with Gasteiger partial charge in [-0.25, -0.2) is 0 Å². The Bertz CT molecular complexity index is 94.1. The van der Waals surface area contributed by atoms with Crippen molar-refractivity contribution in [1.82, 2.24) is 0 Å². The van der Waals surface area contributed by atoms with Crippen molar-refractivity contribution in [1.29, 1.82) is 0 Å². The van der Waals surface area contributed by atoms with Crippen molar-refractivity contribution in [2.24, 2.45) is 0 Å². The second-order valence-corrected chi connectivity index (χ2v) is 4.59. The maximum absolute atomic E-state index is 9.02. The molecule has 13 heavy (non-hydrogen) atoms. The Morgan fingerprint density at radius 2 is 1.38 bits per heavy atom. The molecule has 0 aromatic heterocycles. The van der Waals surface area contributed by atoms with Crippen LogP contribution in [0.25, 0.3) is 0 Å². The van der Waals surface area contributed by atoms with Crippen molar-refractivity contribution in [2.75, 3.05) is 5.33 Å². The highest BCUT2D eigenvalue weighted by Gasteiger charge is 1.95.